The normalized spacial score (nSPS) is 13.0. The fraction of sp³-hybridized carbons (Fsp3) is 0.0556. The molecule has 0 aliphatic carbocycles. The molecular formula is C18H11ClN2O3. The van der Waals surface area contributed by atoms with E-state index in [1.165, 1.54) is 6.20 Å². The third-order valence-electron chi connectivity index (χ3n) is 3.54. The number of ether oxygens (including phenoxy) is 1. The number of Topliss-reactive ketones (excluding diaryl/α,β-unsaturated/α-hetero) is 1. The second-order valence-corrected chi connectivity index (χ2v) is 5.53. The Morgan fingerprint density at radius 1 is 1.25 bits per heavy atom. The molecule has 3 rings (SSSR count). The van der Waals surface area contributed by atoms with E-state index in [1.54, 1.807) is 42.5 Å². The van der Waals surface area contributed by atoms with Crippen LogP contribution in [0, 0.1) is 11.3 Å². The van der Waals surface area contributed by atoms with E-state index in [2.05, 4.69) is 5.32 Å². The summed E-state index contributed by atoms with van der Waals surface area (Å²) in [5, 5.41) is 12.6. The van der Waals surface area contributed by atoms with Gasteiger partial charge in [0.25, 0.3) is 0 Å². The van der Waals surface area contributed by atoms with Gasteiger partial charge >= 0.3 is 5.97 Å². The SMILES string of the molecule is N#CC(=CNc1ccc2c(c1)C(=O)OC2)C(=O)c1ccc(Cl)cc1. The van der Waals surface area contributed by atoms with Crippen molar-refractivity contribution in [2.75, 3.05) is 5.32 Å². The van der Waals surface area contributed by atoms with Crippen molar-refractivity contribution < 1.29 is 14.3 Å². The summed E-state index contributed by atoms with van der Waals surface area (Å²) in [6.07, 6.45) is 1.32. The van der Waals surface area contributed by atoms with Crippen LogP contribution in [0.25, 0.3) is 0 Å². The van der Waals surface area contributed by atoms with Crippen molar-refractivity contribution in [1.29, 1.82) is 5.26 Å². The molecule has 1 heterocycles. The topological polar surface area (TPSA) is 79.2 Å². The van der Waals surface area contributed by atoms with Gasteiger partial charge < -0.3 is 10.1 Å². The number of rotatable bonds is 4. The molecule has 0 saturated carbocycles. The van der Waals surface area contributed by atoms with Crippen molar-refractivity contribution >= 4 is 29.0 Å². The number of carbonyl (C=O) groups is 2. The van der Waals surface area contributed by atoms with E-state index < -0.39 is 5.78 Å². The summed E-state index contributed by atoms with van der Waals surface area (Å²) in [5.74, 6) is -0.794. The smallest absolute Gasteiger partial charge is 0.338 e. The minimum absolute atomic E-state index is 0.0552. The molecule has 0 aromatic heterocycles. The number of fused-ring (bicyclic) bond motifs is 1. The van der Waals surface area contributed by atoms with E-state index >= 15 is 0 Å². The van der Waals surface area contributed by atoms with E-state index in [-0.39, 0.29) is 18.1 Å². The summed E-state index contributed by atoms with van der Waals surface area (Å²) < 4.78 is 4.93. The molecule has 0 unspecified atom stereocenters. The Bertz CT molecular complexity index is 895. The van der Waals surface area contributed by atoms with Gasteiger partial charge in [-0.1, -0.05) is 17.7 Å². The molecule has 118 valence electrons. The highest BCUT2D eigenvalue weighted by Crippen LogP contribution is 2.23. The lowest BCUT2D eigenvalue weighted by atomic mass is 10.1. The Labute approximate surface area is 143 Å². The maximum absolute atomic E-state index is 12.3. The zero-order valence-electron chi connectivity index (χ0n) is 12.4. The summed E-state index contributed by atoms with van der Waals surface area (Å²) >= 11 is 5.79. The number of nitriles is 1. The van der Waals surface area contributed by atoms with Crippen LogP contribution in [0.1, 0.15) is 26.3 Å². The maximum atomic E-state index is 12.3. The highest BCUT2D eigenvalue weighted by Gasteiger charge is 2.21. The van der Waals surface area contributed by atoms with Crippen molar-refractivity contribution in [2.45, 2.75) is 6.61 Å². The number of anilines is 1. The van der Waals surface area contributed by atoms with Crippen LogP contribution in [0.4, 0.5) is 5.69 Å². The number of nitrogens with zero attached hydrogens (tertiary/aromatic N) is 1. The molecule has 0 fully saturated rings. The van der Waals surface area contributed by atoms with Gasteiger partial charge in [0, 0.05) is 28.0 Å². The second kappa shape index (κ2) is 6.57. The van der Waals surface area contributed by atoms with Gasteiger partial charge in [-0.15, -0.1) is 0 Å². The van der Waals surface area contributed by atoms with Crippen molar-refractivity contribution in [2.24, 2.45) is 0 Å². The van der Waals surface area contributed by atoms with E-state index in [4.69, 9.17) is 16.3 Å². The van der Waals surface area contributed by atoms with E-state index in [0.29, 0.717) is 21.8 Å². The lowest BCUT2D eigenvalue weighted by Gasteiger charge is -2.04. The van der Waals surface area contributed by atoms with Crippen LogP contribution in [0.5, 0.6) is 0 Å². The van der Waals surface area contributed by atoms with Gasteiger partial charge in [0.15, 0.2) is 0 Å². The average Bonchev–Trinajstić information content (AvgIpc) is 2.96. The van der Waals surface area contributed by atoms with Crippen molar-refractivity contribution in [1.82, 2.24) is 0 Å². The lowest BCUT2D eigenvalue weighted by molar-refractivity contribution is 0.0535. The lowest BCUT2D eigenvalue weighted by Crippen LogP contribution is -2.04. The van der Waals surface area contributed by atoms with Gasteiger partial charge in [0.1, 0.15) is 18.2 Å². The number of nitrogens with one attached hydrogen (secondary N) is 1. The first-order valence-corrected chi connectivity index (χ1v) is 7.43. The van der Waals surface area contributed by atoms with Gasteiger partial charge in [0.05, 0.1) is 5.56 Å². The first-order valence-electron chi connectivity index (χ1n) is 7.05. The molecule has 6 heteroatoms. The fourth-order valence-electron chi connectivity index (χ4n) is 2.26. The Kier molecular flexibility index (Phi) is 4.32. The summed E-state index contributed by atoms with van der Waals surface area (Å²) in [7, 11) is 0. The highest BCUT2D eigenvalue weighted by molar-refractivity contribution is 6.30. The Morgan fingerprint density at radius 3 is 2.71 bits per heavy atom. The molecular weight excluding hydrogens is 328 g/mol. The van der Waals surface area contributed by atoms with Gasteiger partial charge in [0.2, 0.25) is 5.78 Å². The van der Waals surface area contributed by atoms with E-state index in [9.17, 15) is 14.9 Å². The standard InChI is InChI=1S/C18H11ClN2O3/c19-14-4-1-11(2-5-14)17(22)13(8-20)9-21-15-6-3-12-10-24-18(23)16(12)7-15/h1-7,9,21H,10H2. The predicted molar refractivity (Wildman–Crippen MR) is 88.7 cm³/mol. The minimum atomic E-state index is -0.415. The number of hydrogen-bond donors (Lipinski definition) is 1. The molecule has 0 atom stereocenters. The molecule has 0 amide bonds. The van der Waals surface area contributed by atoms with Crippen LogP contribution < -0.4 is 5.32 Å². The molecule has 0 radical (unpaired) electrons. The minimum Gasteiger partial charge on any atom is -0.457 e. The van der Waals surface area contributed by atoms with Crippen LogP contribution in [-0.2, 0) is 11.3 Å². The third kappa shape index (κ3) is 3.14. The summed E-state index contributed by atoms with van der Waals surface area (Å²) in [4.78, 5) is 23.8. The van der Waals surface area contributed by atoms with Gasteiger partial charge in [-0.2, -0.15) is 5.26 Å². The number of hydrogen-bond acceptors (Lipinski definition) is 5. The largest absolute Gasteiger partial charge is 0.457 e. The number of allylic oxidation sites excluding steroid dienone is 1. The molecule has 1 aliphatic heterocycles. The predicted octanol–water partition coefficient (Wildman–Crippen LogP) is 3.71. The quantitative estimate of drug-likeness (QED) is 0.398. The zero-order chi connectivity index (χ0) is 17.1. The van der Waals surface area contributed by atoms with Gasteiger partial charge in [-0.05, 0) is 36.4 Å². The summed E-state index contributed by atoms with van der Waals surface area (Å²) in [5.41, 5.74) is 2.19. The summed E-state index contributed by atoms with van der Waals surface area (Å²) in [6.45, 7) is 0.267. The molecule has 2 aromatic rings. The van der Waals surface area contributed by atoms with Crippen LogP contribution in [0.15, 0.2) is 54.2 Å². The van der Waals surface area contributed by atoms with E-state index in [1.807, 2.05) is 6.07 Å². The number of ketones is 1. The van der Waals surface area contributed by atoms with Crippen LogP contribution in [-0.4, -0.2) is 11.8 Å². The van der Waals surface area contributed by atoms with Crippen LogP contribution >= 0.6 is 11.6 Å². The number of halogens is 1. The number of benzene rings is 2. The Morgan fingerprint density at radius 2 is 2.00 bits per heavy atom. The molecule has 2 aromatic carbocycles. The average molecular weight is 339 g/mol. The molecule has 24 heavy (non-hydrogen) atoms. The van der Waals surface area contributed by atoms with Crippen molar-refractivity contribution in [3.8, 4) is 6.07 Å². The molecule has 5 nitrogen and oxygen atoms in total. The molecule has 0 bridgehead atoms. The van der Waals surface area contributed by atoms with Crippen LogP contribution in [0.2, 0.25) is 5.02 Å². The van der Waals surface area contributed by atoms with Gasteiger partial charge in [-0.25, -0.2) is 4.79 Å². The Hall–Kier alpha value is -3.10. The van der Waals surface area contributed by atoms with Crippen LogP contribution in [0.3, 0.4) is 0 Å². The first-order chi connectivity index (χ1) is 11.6. The Balaban J connectivity index is 1.80. The highest BCUT2D eigenvalue weighted by atomic mass is 35.5. The first kappa shape index (κ1) is 15.8. The van der Waals surface area contributed by atoms with Gasteiger partial charge in [-0.3, -0.25) is 4.79 Å². The van der Waals surface area contributed by atoms with E-state index in [0.717, 1.165) is 5.56 Å². The van der Waals surface area contributed by atoms with Crippen molar-refractivity contribution in [3.05, 3.63) is 76.0 Å². The molecule has 0 saturated heterocycles. The third-order valence-corrected chi connectivity index (χ3v) is 3.80. The zero-order valence-corrected chi connectivity index (χ0v) is 13.1. The monoisotopic (exact) mass is 338 g/mol. The summed E-state index contributed by atoms with van der Waals surface area (Å²) in [6, 6.07) is 13.3. The fourth-order valence-corrected chi connectivity index (χ4v) is 2.39. The second-order valence-electron chi connectivity index (χ2n) is 5.10. The molecule has 1 aliphatic rings. The number of carbonyl (C=O) groups excluding carboxylic acids is 2. The number of esters is 1. The molecule has 0 spiro atoms. The number of cyclic esters (lactones) is 1. The van der Waals surface area contributed by atoms with Crippen molar-refractivity contribution in [3.63, 3.8) is 0 Å². The molecule has 1 N–H and O–H groups in total. The maximum Gasteiger partial charge on any atom is 0.338 e.